The Labute approximate surface area is 291 Å². The van der Waals surface area contributed by atoms with Crippen LogP contribution in [-0.2, 0) is 23.1 Å². The molecular weight excluding hydrogens is 629 g/mol. The van der Waals surface area contributed by atoms with Crippen LogP contribution in [0.2, 0.25) is 0 Å². The number of carbonyl (C=O) groups is 1. The van der Waals surface area contributed by atoms with Crippen molar-refractivity contribution in [3.63, 3.8) is 0 Å². The fourth-order valence-electron chi connectivity index (χ4n) is 9.94. The molecular formula is C38H67NO8P+. The first-order chi connectivity index (χ1) is 22.4. The number of hydrogen-bond acceptors (Lipinski definition) is 7. The number of carbonyl (C=O) groups excluding carboxylic acids is 1. The quantitative estimate of drug-likeness (QED) is 0.0764. The molecule has 0 aromatic carbocycles. The van der Waals surface area contributed by atoms with Crippen molar-refractivity contribution in [1.82, 2.24) is 0 Å². The topological polar surface area (TPSA) is 112 Å². The Hall–Kier alpha value is -1.22. The van der Waals surface area contributed by atoms with E-state index in [1.165, 1.54) is 37.7 Å². The Morgan fingerprint density at radius 1 is 1.04 bits per heavy atom. The average molecular weight is 697 g/mol. The normalized spacial score (nSPS) is 35.2. The van der Waals surface area contributed by atoms with Gasteiger partial charge in [0.2, 0.25) is 0 Å². The molecule has 0 spiro atoms. The molecule has 0 aromatic heterocycles. The summed E-state index contributed by atoms with van der Waals surface area (Å²) in [6.45, 7) is 14.2. The number of quaternary nitrogens is 1. The second-order valence-corrected chi connectivity index (χ2v) is 18.8. The lowest BCUT2D eigenvalue weighted by atomic mass is 9.47. The molecule has 276 valence electrons. The Bertz CT molecular complexity index is 1200. The highest BCUT2D eigenvalue weighted by Gasteiger charge is 2.59. The molecule has 4 aliphatic carbocycles. The predicted octanol–water partition coefficient (Wildman–Crippen LogP) is 8.16. The van der Waals surface area contributed by atoms with Gasteiger partial charge in [0.25, 0.3) is 0 Å². The van der Waals surface area contributed by atoms with E-state index in [9.17, 15) is 19.4 Å². The lowest BCUT2D eigenvalue weighted by Gasteiger charge is -2.58. The zero-order chi connectivity index (χ0) is 35.5. The molecule has 0 heterocycles. The van der Waals surface area contributed by atoms with Gasteiger partial charge in [-0.1, -0.05) is 65.3 Å². The second-order valence-electron chi connectivity index (χ2n) is 17.4. The van der Waals surface area contributed by atoms with Gasteiger partial charge in [0, 0.05) is 6.42 Å². The third-order valence-corrected chi connectivity index (χ3v) is 13.8. The molecule has 0 saturated heterocycles. The third kappa shape index (κ3) is 9.55. The fraction of sp³-hybridized carbons (Fsp3) is 0.868. The monoisotopic (exact) mass is 696 g/mol. The van der Waals surface area contributed by atoms with Crippen LogP contribution >= 0.6 is 7.82 Å². The summed E-state index contributed by atoms with van der Waals surface area (Å²) in [6, 6.07) is 0. The summed E-state index contributed by atoms with van der Waals surface area (Å²) in [4.78, 5) is 22.4. The first-order valence-electron chi connectivity index (χ1n) is 18.7. The van der Waals surface area contributed by atoms with Gasteiger partial charge < -0.3 is 24.0 Å². The molecule has 3 unspecified atom stereocenters. The molecule has 11 atom stereocenters. The molecule has 4 aliphatic rings. The van der Waals surface area contributed by atoms with Gasteiger partial charge in [0.1, 0.15) is 32.0 Å². The van der Waals surface area contributed by atoms with Crippen molar-refractivity contribution in [1.29, 1.82) is 0 Å². The van der Waals surface area contributed by atoms with Crippen LogP contribution < -0.4 is 0 Å². The minimum atomic E-state index is -4.32. The number of hydrogen-bond donors (Lipinski definition) is 2. The molecule has 3 saturated carbocycles. The van der Waals surface area contributed by atoms with Gasteiger partial charge >= 0.3 is 14.0 Å². The standard InChI is InChI=1S/C38H66NO8P/c1-10-28(26(2)3)12-11-27(4)33-15-16-34-32-14-13-29-23-31(17-19-37(29,5)35(32)18-20-38(33,34)6)47-36(41)44-24-30(40)25-46-48(42,43)45-22-21-39(7,8)9/h11-13,26-28,30-35,40H,10,14-25H2,1-9H3/p+1/b12-11+/t27-,28-,30?,31?,32+,33-,34+,35+,37+,38-/m1/s1. The largest absolute Gasteiger partial charge is 0.508 e. The number of nitrogens with zero attached hydrogens (tertiary/aromatic N) is 1. The van der Waals surface area contributed by atoms with Gasteiger partial charge in [0.15, 0.2) is 0 Å². The van der Waals surface area contributed by atoms with E-state index in [1.807, 2.05) is 21.1 Å². The van der Waals surface area contributed by atoms with Crippen molar-refractivity contribution in [2.75, 3.05) is 47.5 Å². The van der Waals surface area contributed by atoms with E-state index in [-0.39, 0.29) is 18.1 Å². The molecule has 0 aromatic rings. The van der Waals surface area contributed by atoms with E-state index in [0.29, 0.717) is 40.1 Å². The number of ether oxygens (including phenoxy) is 2. The van der Waals surface area contributed by atoms with Crippen LogP contribution in [0, 0.1) is 52.3 Å². The van der Waals surface area contributed by atoms with E-state index in [1.54, 1.807) is 0 Å². The van der Waals surface area contributed by atoms with Gasteiger partial charge in [-0.2, -0.15) is 0 Å². The maximum atomic E-state index is 12.5. The fourth-order valence-corrected chi connectivity index (χ4v) is 10.7. The first-order valence-corrected chi connectivity index (χ1v) is 20.2. The number of likely N-dealkylation sites (N-methyl/N-ethyl adjacent to an activating group) is 1. The molecule has 0 radical (unpaired) electrons. The Morgan fingerprint density at radius 3 is 2.44 bits per heavy atom. The van der Waals surface area contributed by atoms with Crippen LogP contribution in [0.5, 0.6) is 0 Å². The van der Waals surface area contributed by atoms with Crippen molar-refractivity contribution in [3.05, 3.63) is 23.8 Å². The molecule has 0 aliphatic heterocycles. The number of allylic oxidation sites excluding steroid dienone is 3. The zero-order valence-electron chi connectivity index (χ0n) is 31.4. The number of aliphatic hydroxyl groups is 1. The van der Waals surface area contributed by atoms with Crippen LogP contribution in [0.4, 0.5) is 4.79 Å². The summed E-state index contributed by atoms with van der Waals surface area (Å²) in [5.74, 6) is 4.89. The van der Waals surface area contributed by atoms with Gasteiger partial charge in [-0.3, -0.25) is 9.05 Å². The highest BCUT2D eigenvalue weighted by atomic mass is 31.2. The number of fused-ring (bicyclic) bond motifs is 5. The highest BCUT2D eigenvalue weighted by Crippen LogP contribution is 2.67. The maximum absolute atomic E-state index is 12.5. The van der Waals surface area contributed by atoms with E-state index in [2.05, 4.69) is 59.8 Å². The van der Waals surface area contributed by atoms with Crippen molar-refractivity contribution < 1.29 is 42.4 Å². The minimum Gasteiger partial charge on any atom is -0.431 e. The molecule has 0 amide bonds. The van der Waals surface area contributed by atoms with Gasteiger partial charge in [-0.15, -0.1) is 0 Å². The molecule has 48 heavy (non-hydrogen) atoms. The summed E-state index contributed by atoms with van der Waals surface area (Å²) in [7, 11) is 1.49. The molecule has 0 bridgehead atoms. The highest BCUT2D eigenvalue weighted by molar-refractivity contribution is 7.47. The molecule has 2 N–H and O–H groups in total. The van der Waals surface area contributed by atoms with Crippen molar-refractivity contribution in [3.8, 4) is 0 Å². The minimum absolute atomic E-state index is 0.0319. The first kappa shape index (κ1) is 39.6. The Balaban J connectivity index is 1.26. The number of rotatable bonds is 15. The SMILES string of the molecule is CC[C@H](/C=C/[C@@H](C)[C@H]1CC[C@H]2[C@@H]3CC=C4CC(OC(=O)OCC(O)COP(=O)(O)OCC[N+](C)(C)C)CC[C@]4(C)[C@H]3CC[C@]12C)C(C)C. The maximum Gasteiger partial charge on any atom is 0.508 e. The van der Waals surface area contributed by atoms with Crippen LogP contribution in [-0.4, -0.2) is 80.4 Å². The van der Waals surface area contributed by atoms with E-state index >= 15 is 0 Å². The second kappa shape index (κ2) is 16.0. The number of phosphoric acid groups is 1. The number of phosphoric ester groups is 1. The van der Waals surface area contributed by atoms with Crippen LogP contribution in [0.15, 0.2) is 23.8 Å². The lowest BCUT2D eigenvalue weighted by molar-refractivity contribution is -0.870. The lowest BCUT2D eigenvalue weighted by Crippen LogP contribution is -2.51. The zero-order valence-corrected chi connectivity index (χ0v) is 32.3. The smallest absolute Gasteiger partial charge is 0.431 e. The third-order valence-electron chi connectivity index (χ3n) is 12.9. The van der Waals surface area contributed by atoms with Crippen LogP contribution in [0.3, 0.4) is 0 Å². The summed E-state index contributed by atoms with van der Waals surface area (Å²) in [6.07, 6.45) is 15.3. The van der Waals surface area contributed by atoms with Gasteiger partial charge in [-0.05, 0) is 104 Å². The molecule has 4 rings (SSSR count). The number of aliphatic hydroxyl groups excluding tert-OH is 1. The van der Waals surface area contributed by atoms with Crippen molar-refractivity contribution in [2.24, 2.45) is 52.3 Å². The van der Waals surface area contributed by atoms with Crippen LogP contribution in [0.1, 0.15) is 99.3 Å². The summed E-state index contributed by atoms with van der Waals surface area (Å²) < 4.78 is 33.3. The molecule has 9 nitrogen and oxygen atoms in total. The van der Waals surface area contributed by atoms with Gasteiger partial charge in [-0.25, -0.2) is 9.36 Å². The molecule has 3 fully saturated rings. The predicted molar refractivity (Wildman–Crippen MR) is 189 cm³/mol. The average Bonchev–Trinajstić information content (AvgIpc) is 3.36. The summed E-state index contributed by atoms with van der Waals surface area (Å²) in [5, 5.41) is 10.2. The Morgan fingerprint density at radius 2 is 1.77 bits per heavy atom. The summed E-state index contributed by atoms with van der Waals surface area (Å²) in [5.41, 5.74) is 1.97. The van der Waals surface area contributed by atoms with Crippen molar-refractivity contribution >= 4 is 14.0 Å². The van der Waals surface area contributed by atoms with E-state index in [0.717, 1.165) is 43.4 Å². The van der Waals surface area contributed by atoms with Crippen LogP contribution in [0.25, 0.3) is 0 Å². The Kier molecular flexibility index (Phi) is 13.2. The van der Waals surface area contributed by atoms with Gasteiger partial charge in [0.05, 0.1) is 27.7 Å². The van der Waals surface area contributed by atoms with E-state index < -0.39 is 33.3 Å². The summed E-state index contributed by atoms with van der Waals surface area (Å²) >= 11 is 0. The van der Waals surface area contributed by atoms with Crippen molar-refractivity contribution in [2.45, 2.75) is 112 Å². The van der Waals surface area contributed by atoms with E-state index in [4.69, 9.17) is 18.5 Å². The molecule has 10 heteroatoms.